The average Bonchev–Trinajstić information content (AvgIpc) is 2.99. The molecule has 0 unspecified atom stereocenters. The number of hydrogen-bond acceptors (Lipinski definition) is 3. The van der Waals surface area contributed by atoms with Crippen molar-refractivity contribution in [3.63, 3.8) is 0 Å². The van der Waals surface area contributed by atoms with Gasteiger partial charge < -0.3 is 4.98 Å². The zero-order valence-electron chi connectivity index (χ0n) is 12.8. The van der Waals surface area contributed by atoms with E-state index in [4.69, 9.17) is 11.6 Å². The molecule has 0 fully saturated rings. The Bertz CT molecular complexity index is 946. The van der Waals surface area contributed by atoms with Gasteiger partial charge in [-0.25, -0.2) is 5.43 Å². The van der Waals surface area contributed by atoms with Gasteiger partial charge in [-0.15, -0.1) is 0 Å². The lowest BCUT2D eigenvalue weighted by Gasteiger charge is -2.14. The molecule has 2 N–H and O–H groups in total. The number of rotatable bonds is 2. The van der Waals surface area contributed by atoms with Gasteiger partial charge in [0, 0.05) is 33.9 Å². The maximum Gasteiger partial charge on any atom is 0.271 e. The number of halogens is 1. The third kappa shape index (κ3) is 2.67. The van der Waals surface area contributed by atoms with Crippen LogP contribution >= 0.6 is 11.6 Å². The fourth-order valence-electron chi connectivity index (χ4n) is 3.08. The van der Waals surface area contributed by atoms with Crippen molar-refractivity contribution in [2.24, 2.45) is 5.10 Å². The topological polar surface area (TPSA) is 70.1 Å². The number of pyridine rings is 1. The second kappa shape index (κ2) is 6.09. The summed E-state index contributed by atoms with van der Waals surface area (Å²) in [5, 5.41) is 6.20. The molecule has 6 heteroatoms. The monoisotopic (exact) mass is 338 g/mol. The minimum atomic E-state index is -0.240. The van der Waals surface area contributed by atoms with E-state index in [2.05, 4.69) is 20.5 Å². The van der Waals surface area contributed by atoms with E-state index < -0.39 is 0 Å². The predicted molar refractivity (Wildman–Crippen MR) is 94.5 cm³/mol. The molecule has 2 heterocycles. The summed E-state index contributed by atoms with van der Waals surface area (Å²) in [5.41, 5.74) is 7.30. The van der Waals surface area contributed by atoms with Crippen LogP contribution in [0, 0.1) is 0 Å². The first-order chi connectivity index (χ1) is 11.7. The van der Waals surface area contributed by atoms with Crippen LogP contribution in [-0.4, -0.2) is 21.6 Å². The largest absolute Gasteiger partial charge is 0.353 e. The second-order valence-corrected chi connectivity index (χ2v) is 6.19. The fraction of sp³-hybridized carbons (Fsp3) is 0.167. The Morgan fingerprint density at radius 2 is 2.04 bits per heavy atom. The number of nitrogens with zero attached hydrogens (tertiary/aromatic N) is 2. The van der Waals surface area contributed by atoms with E-state index >= 15 is 0 Å². The van der Waals surface area contributed by atoms with Crippen LogP contribution in [0.15, 0.2) is 47.8 Å². The molecule has 3 aromatic rings. The second-order valence-electron chi connectivity index (χ2n) is 5.76. The normalized spacial score (nSPS) is 15.5. The van der Waals surface area contributed by atoms with Crippen molar-refractivity contribution < 1.29 is 4.79 Å². The van der Waals surface area contributed by atoms with Crippen LogP contribution in [0.5, 0.6) is 0 Å². The lowest BCUT2D eigenvalue weighted by Crippen LogP contribution is -2.22. The van der Waals surface area contributed by atoms with Crippen LogP contribution < -0.4 is 5.43 Å². The van der Waals surface area contributed by atoms with Crippen LogP contribution in [0.25, 0.3) is 10.9 Å². The summed E-state index contributed by atoms with van der Waals surface area (Å²) in [6.07, 6.45) is 5.97. The molecule has 24 heavy (non-hydrogen) atoms. The third-order valence-electron chi connectivity index (χ3n) is 4.23. The Morgan fingerprint density at radius 3 is 2.88 bits per heavy atom. The Labute approximate surface area is 143 Å². The number of H-pyrrole nitrogens is 1. The summed E-state index contributed by atoms with van der Waals surface area (Å²) in [7, 11) is 0. The van der Waals surface area contributed by atoms with Gasteiger partial charge in [-0.3, -0.25) is 9.78 Å². The molecule has 1 amide bonds. The Balaban J connectivity index is 1.66. The molecule has 0 aliphatic heterocycles. The van der Waals surface area contributed by atoms with Gasteiger partial charge in [-0.2, -0.15) is 5.10 Å². The molecule has 0 saturated heterocycles. The number of hydrogen-bond donors (Lipinski definition) is 2. The van der Waals surface area contributed by atoms with Crippen molar-refractivity contribution in [3.05, 3.63) is 64.6 Å². The molecular formula is C18H15ClN4O. The van der Waals surface area contributed by atoms with Gasteiger partial charge in [-0.1, -0.05) is 11.6 Å². The summed E-state index contributed by atoms with van der Waals surface area (Å²) in [5.74, 6) is -0.240. The highest BCUT2D eigenvalue weighted by Gasteiger charge is 2.21. The van der Waals surface area contributed by atoms with Gasteiger partial charge in [0.05, 0.1) is 11.4 Å². The molecule has 2 aromatic heterocycles. The molecule has 5 nitrogen and oxygen atoms in total. The van der Waals surface area contributed by atoms with E-state index in [0.29, 0.717) is 5.56 Å². The molecule has 1 aliphatic rings. The molecule has 4 rings (SSSR count). The summed E-state index contributed by atoms with van der Waals surface area (Å²) in [6, 6.07) is 9.14. The zero-order chi connectivity index (χ0) is 16.5. The van der Waals surface area contributed by atoms with Gasteiger partial charge in [-0.05, 0) is 55.2 Å². The highest BCUT2D eigenvalue weighted by Crippen LogP contribution is 2.31. The number of amides is 1. The first-order valence-electron chi connectivity index (χ1n) is 7.80. The quantitative estimate of drug-likeness (QED) is 0.700. The van der Waals surface area contributed by atoms with Gasteiger partial charge in [0.2, 0.25) is 0 Å². The van der Waals surface area contributed by atoms with Crippen LogP contribution in [0.1, 0.15) is 34.5 Å². The molecule has 0 radical (unpaired) electrons. The Morgan fingerprint density at radius 1 is 1.21 bits per heavy atom. The van der Waals surface area contributed by atoms with Crippen LogP contribution in [0.2, 0.25) is 5.02 Å². The molecule has 0 atom stereocenters. The van der Waals surface area contributed by atoms with Crippen molar-refractivity contribution in [1.29, 1.82) is 0 Å². The van der Waals surface area contributed by atoms with E-state index in [1.165, 1.54) is 5.56 Å². The summed E-state index contributed by atoms with van der Waals surface area (Å²) in [6.45, 7) is 0. The minimum Gasteiger partial charge on any atom is -0.353 e. The maximum atomic E-state index is 12.1. The van der Waals surface area contributed by atoms with E-state index in [1.807, 2.05) is 18.2 Å². The maximum absolute atomic E-state index is 12.1. The highest BCUT2D eigenvalue weighted by atomic mass is 35.5. The lowest BCUT2D eigenvalue weighted by atomic mass is 9.94. The fourth-order valence-corrected chi connectivity index (χ4v) is 3.25. The number of hydrazone groups is 1. The molecule has 1 aromatic carbocycles. The van der Waals surface area contributed by atoms with Gasteiger partial charge >= 0.3 is 0 Å². The number of nitrogens with one attached hydrogen (secondary N) is 2. The van der Waals surface area contributed by atoms with E-state index in [-0.39, 0.29) is 5.91 Å². The summed E-state index contributed by atoms with van der Waals surface area (Å²) >= 11 is 6.12. The first kappa shape index (κ1) is 14.9. The first-order valence-corrected chi connectivity index (χ1v) is 8.17. The zero-order valence-corrected chi connectivity index (χ0v) is 13.6. The van der Waals surface area contributed by atoms with Crippen molar-refractivity contribution >= 4 is 34.1 Å². The van der Waals surface area contributed by atoms with Crippen molar-refractivity contribution in [3.8, 4) is 0 Å². The number of carbonyl (C=O) groups excluding carboxylic acids is 1. The molecule has 0 spiro atoms. The standard InChI is InChI=1S/C18H15ClN4O/c19-12-4-5-15-14(10-12)13-2-1-3-16(17(13)21-15)22-23-18(24)11-6-8-20-9-7-11/h4-10,21H,1-3H2,(H,23,24)/b22-16-. The van der Waals surface area contributed by atoms with E-state index in [1.54, 1.807) is 24.5 Å². The third-order valence-corrected chi connectivity index (χ3v) is 4.47. The Kier molecular flexibility index (Phi) is 3.78. The van der Waals surface area contributed by atoms with Crippen LogP contribution in [-0.2, 0) is 6.42 Å². The van der Waals surface area contributed by atoms with Crippen molar-refractivity contribution in [2.75, 3.05) is 0 Å². The van der Waals surface area contributed by atoms with Crippen LogP contribution in [0.3, 0.4) is 0 Å². The number of aryl methyl sites for hydroxylation is 1. The molecular weight excluding hydrogens is 324 g/mol. The smallest absolute Gasteiger partial charge is 0.271 e. The average molecular weight is 339 g/mol. The summed E-state index contributed by atoms with van der Waals surface area (Å²) < 4.78 is 0. The minimum absolute atomic E-state index is 0.240. The van der Waals surface area contributed by atoms with Gasteiger partial charge in [0.1, 0.15) is 0 Å². The SMILES string of the molecule is O=C(N/N=C1/CCCc2c1[nH]c1ccc(Cl)cc21)c1ccncc1. The van der Waals surface area contributed by atoms with Gasteiger partial charge in [0.15, 0.2) is 0 Å². The van der Waals surface area contributed by atoms with E-state index in [0.717, 1.165) is 46.6 Å². The molecule has 120 valence electrons. The Hall–Kier alpha value is -2.66. The number of fused-ring (bicyclic) bond motifs is 3. The number of aromatic nitrogens is 2. The van der Waals surface area contributed by atoms with Crippen LogP contribution in [0.4, 0.5) is 0 Å². The van der Waals surface area contributed by atoms with Crippen molar-refractivity contribution in [1.82, 2.24) is 15.4 Å². The van der Waals surface area contributed by atoms with Crippen molar-refractivity contribution in [2.45, 2.75) is 19.3 Å². The lowest BCUT2D eigenvalue weighted by molar-refractivity contribution is 0.0954. The van der Waals surface area contributed by atoms with Gasteiger partial charge in [0.25, 0.3) is 5.91 Å². The number of benzene rings is 1. The summed E-state index contributed by atoms with van der Waals surface area (Å²) in [4.78, 5) is 19.5. The molecule has 0 saturated carbocycles. The highest BCUT2D eigenvalue weighted by molar-refractivity contribution is 6.31. The number of aromatic amines is 1. The number of carbonyl (C=O) groups is 1. The molecule has 0 bridgehead atoms. The predicted octanol–water partition coefficient (Wildman–Crippen LogP) is 3.69. The molecule has 1 aliphatic carbocycles. The van der Waals surface area contributed by atoms with E-state index in [9.17, 15) is 4.79 Å².